The minimum absolute atomic E-state index is 0.301. The van der Waals surface area contributed by atoms with Gasteiger partial charge in [-0.25, -0.2) is 9.97 Å². The maximum atomic E-state index is 11.5. The highest BCUT2D eigenvalue weighted by molar-refractivity contribution is 5.94. The fourth-order valence-corrected chi connectivity index (χ4v) is 1.44. The van der Waals surface area contributed by atoms with E-state index in [2.05, 4.69) is 32.4 Å². The third kappa shape index (κ3) is 4.78. The number of nitrogens with zero attached hydrogens (tertiary/aromatic N) is 2. The Morgan fingerprint density at radius 2 is 1.80 bits per heavy atom. The first-order valence-electron chi connectivity index (χ1n) is 6.20. The number of nitrogens with one attached hydrogen (secondary N) is 2. The van der Waals surface area contributed by atoms with Crippen LogP contribution >= 0.6 is 0 Å². The fourth-order valence-electron chi connectivity index (χ4n) is 1.44. The number of carbonyl (C=O) groups is 1. The summed E-state index contributed by atoms with van der Waals surface area (Å²) >= 11 is 0. The Morgan fingerprint density at radius 3 is 2.55 bits per heavy atom. The Kier molecular flexibility index (Phi) is 5.11. The molecule has 5 nitrogen and oxygen atoms in total. The van der Waals surface area contributed by atoms with Gasteiger partial charge in [0.25, 0.3) is 5.91 Å². The first kappa shape index (κ1) is 13.6. The van der Waals surface area contributed by atoms with E-state index in [0.717, 1.165) is 5.56 Å². The van der Waals surface area contributed by atoms with Gasteiger partial charge in [0, 0.05) is 37.0 Å². The zero-order chi connectivity index (χ0) is 14.0. The number of amides is 1. The van der Waals surface area contributed by atoms with Crippen molar-refractivity contribution in [3.05, 3.63) is 54.4 Å². The van der Waals surface area contributed by atoms with E-state index >= 15 is 0 Å². The van der Waals surface area contributed by atoms with Crippen LogP contribution in [-0.4, -0.2) is 29.0 Å². The Labute approximate surface area is 117 Å². The topological polar surface area (TPSA) is 66.9 Å². The van der Waals surface area contributed by atoms with Crippen LogP contribution in [0.5, 0.6) is 0 Å². The molecule has 0 spiro atoms. The molecule has 5 heteroatoms. The van der Waals surface area contributed by atoms with Gasteiger partial charge in [0.2, 0.25) is 5.95 Å². The number of anilines is 1. The van der Waals surface area contributed by atoms with Crippen LogP contribution in [-0.2, 0) is 4.79 Å². The second-order valence-corrected chi connectivity index (χ2v) is 3.87. The molecule has 2 N–H and O–H groups in total. The maximum absolute atomic E-state index is 11.5. The molecular weight excluding hydrogens is 252 g/mol. The Bertz CT molecular complexity index is 602. The predicted octanol–water partition coefficient (Wildman–Crippen LogP) is 1.06. The molecule has 0 aliphatic heterocycles. The van der Waals surface area contributed by atoms with Gasteiger partial charge in [0.1, 0.15) is 0 Å². The van der Waals surface area contributed by atoms with E-state index in [1.54, 1.807) is 18.5 Å². The molecule has 1 amide bonds. The summed E-state index contributed by atoms with van der Waals surface area (Å²) in [5.74, 6) is 5.57. The van der Waals surface area contributed by atoms with Gasteiger partial charge in [-0.1, -0.05) is 24.1 Å². The molecule has 0 atom stereocenters. The summed E-state index contributed by atoms with van der Waals surface area (Å²) in [4.78, 5) is 19.5. The molecular formula is C15H14N4O. The lowest BCUT2D eigenvalue weighted by Gasteiger charge is -2.03. The van der Waals surface area contributed by atoms with E-state index in [1.807, 2.05) is 30.3 Å². The van der Waals surface area contributed by atoms with Crippen LogP contribution in [0.15, 0.2) is 48.8 Å². The van der Waals surface area contributed by atoms with E-state index in [4.69, 9.17) is 0 Å². The molecule has 0 saturated heterocycles. The van der Waals surface area contributed by atoms with Crippen LogP contribution < -0.4 is 10.6 Å². The highest BCUT2D eigenvalue weighted by Crippen LogP contribution is 1.94. The summed E-state index contributed by atoms with van der Waals surface area (Å²) in [6.45, 7) is 1.00. The molecule has 1 aromatic carbocycles. The normalized spacial score (nSPS) is 9.20. The fraction of sp³-hybridized carbons (Fsp3) is 0.133. The Hall–Kier alpha value is -2.87. The van der Waals surface area contributed by atoms with Crippen molar-refractivity contribution >= 4 is 11.9 Å². The molecule has 0 fully saturated rings. The molecule has 100 valence electrons. The molecule has 0 aliphatic rings. The first-order chi connectivity index (χ1) is 9.84. The van der Waals surface area contributed by atoms with Crippen molar-refractivity contribution in [2.45, 2.75) is 0 Å². The molecule has 0 aliphatic carbocycles. The van der Waals surface area contributed by atoms with Crippen LogP contribution in [0, 0.1) is 11.8 Å². The van der Waals surface area contributed by atoms with Gasteiger partial charge in [0.05, 0.1) is 0 Å². The lowest BCUT2D eigenvalue weighted by molar-refractivity contribution is -0.115. The molecule has 2 rings (SSSR count). The Balaban J connectivity index is 1.70. The summed E-state index contributed by atoms with van der Waals surface area (Å²) in [6.07, 6.45) is 3.30. The van der Waals surface area contributed by atoms with Crippen molar-refractivity contribution in [3.63, 3.8) is 0 Å². The summed E-state index contributed by atoms with van der Waals surface area (Å²) in [5, 5.41) is 5.68. The highest BCUT2D eigenvalue weighted by Gasteiger charge is 1.95. The molecule has 0 unspecified atom stereocenters. The maximum Gasteiger partial charge on any atom is 0.296 e. The molecule has 2 aromatic rings. The highest BCUT2D eigenvalue weighted by atomic mass is 16.1. The van der Waals surface area contributed by atoms with Gasteiger partial charge in [-0.15, -0.1) is 0 Å². The van der Waals surface area contributed by atoms with Gasteiger partial charge >= 0.3 is 0 Å². The monoisotopic (exact) mass is 266 g/mol. The number of benzene rings is 1. The smallest absolute Gasteiger partial charge is 0.296 e. The van der Waals surface area contributed by atoms with E-state index in [1.165, 1.54) is 0 Å². The van der Waals surface area contributed by atoms with Crippen molar-refractivity contribution in [1.82, 2.24) is 15.3 Å². The van der Waals surface area contributed by atoms with Gasteiger partial charge in [-0.3, -0.25) is 4.79 Å². The average Bonchev–Trinajstić information content (AvgIpc) is 2.52. The molecule has 0 radical (unpaired) electrons. The molecule has 1 aromatic heterocycles. The van der Waals surface area contributed by atoms with Crippen LogP contribution in [0.2, 0.25) is 0 Å². The minimum Gasteiger partial charge on any atom is -0.352 e. The second-order valence-electron chi connectivity index (χ2n) is 3.87. The van der Waals surface area contributed by atoms with E-state index in [9.17, 15) is 4.79 Å². The number of aromatic nitrogens is 2. The van der Waals surface area contributed by atoms with Crippen LogP contribution in [0.4, 0.5) is 5.95 Å². The lowest BCUT2D eigenvalue weighted by atomic mass is 10.2. The zero-order valence-corrected chi connectivity index (χ0v) is 10.8. The molecule has 20 heavy (non-hydrogen) atoms. The number of carbonyl (C=O) groups excluding carboxylic acids is 1. The van der Waals surface area contributed by atoms with Crippen molar-refractivity contribution in [2.75, 3.05) is 18.4 Å². The van der Waals surface area contributed by atoms with Crippen molar-refractivity contribution in [1.29, 1.82) is 0 Å². The average molecular weight is 266 g/mol. The second kappa shape index (κ2) is 7.54. The van der Waals surface area contributed by atoms with E-state index in [0.29, 0.717) is 19.0 Å². The van der Waals surface area contributed by atoms with Crippen molar-refractivity contribution in [2.24, 2.45) is 0 Å². The number of rotatable bonds is 4. The Morgan fingerprint density at radius 1 is 1.05 bits per heavy atom. The van der Waals surface area contributed by atoms with Crippen LogP contribution in [0.1, 0.15) is 5.56 Å². The van der Waals surface area contributed by atoms with Crippen molar-refractivity contribution < 1.29 is 4.79 Å². The van der Waals surface area contributed by atoms with Gasteiger partial charge in [-0.05, 0) is 18.2 Å². The minimum atomic E-state index is -0.301. The predicted molar refractivity (Wildman–Crippen MR) is 76.9 cm³/mol. The SMILES string of the molecule is O=C(C#Cc1ccccc1)NCCNc1ncccn1. The third-order valence-corrected chi connectivity index (χ3v) is 2.35. The lowest BCUT2D eigenvalue weighted by Crippen LogP contribution is -2.27. The largest absolute Gasteiger partial charge is 0.352 e. The van der Waals surface area contributed by atoms with Gasteiger partial charge in [-0.2, -0.15) is 0 Å². The summed E-state index contributed by atoms with van der Waals surface area (Å²) in [6, 6.07) is 11.1. The van der Waals surface area contributed by atoms with E-state index < -0.39 is 0 Å². The first-order valence-corrected chi connectivity index (χ1v) is 6.20. The molecule has 0 bridgehead atoms. The van der Waals surface area contributed by atoms with E-state index in [-0.39, 0.29) is 5.91 Å². The summed E-state index contributed by atoms with van der Waals surface area (Å²) < 4.78 is 0. The van der Waals surface area contributed by atoms with Crippen LogP contribution in [0.25, 0.3) is 0 Å². The number of hydrogen-bond donors (Lipinski definition) is 2. The number of hydrogen-bond acceptors (Lipinski definition) is 4. The summed E-state index contributed by atoms with van der Waals surface area (Å²) in [7, 11) is 0. The van der Waals surface area contributed by atoms with Crippen LogP contribution in [0.3, 0.4) is 0 Å². The van der Waals surface area contributed by atoms with Crippen molar-refractivity contribution in [3.8, 4) is 11.8 Å². The zero-order valence-electron chi connectivity index (χ0n) is 10.8. The third-order valence-electron chi connectivity index (χ3n) is 2.35. The standard InChI is InChI=1S/C15H14N4O/c20-14(8-7-13-5-2-1-3-6-13)16-11-12-19-15-17-9-4-10-18-15/h1-6,9-10H,11-12H2,(H,16,20)(H,17,18,19). The van der Waals surface area contributed by atoms with Gasteiger partial charge < -0.3 is 10.6 Å². The van der Waals surface area contributed by atoms with Gasteiger partial charge in [0.15, 0.2) is 0 Å². The molecule has 0 saturated carbocycles. The molecule has 1 heterocycles. The summed E-state index contributed by atoms with van der Waals surface area (Å²) in [5.41, 5.74) is 0.818. The quantitative estimate of drug-likeness (QED) is 0.641.